The van der Waals surface area contributed by atoms with E-state index >= 15 is 0 Å². The highest BCUT2D eigenvalue weighted by molar-refractivity contribution is 8.01. The molecular formula is C23H23FN2O3S. The number of halogens is 1. The number of aryl methyl sites for hydroxylation is 1. The van der Waals surface area contributed by atoms with Crippen molar-refractivity contribution in [3.05, 3.63) is 84.1 Å². The number of carbonyl (C=O) groups excluding carboxylic acids is 2. The highest BCUT2D eigenvalue weighted by Gasteiger charge is 2.24. The molecule has 30 heavy (non-hydrogen) atoms. The monoisotopic (exact) mass is 426 g/mol. The molecule has 5 nitrogen and oxygen atoms in total. The summed E-state index contributed by atoms with van der Waals surface area (Å²) in [6.45, 7) is 4.07. The van der Waals surface area contributed by atoms with Gasteiger partial charge in [-0.1, -0.05) is 17.7 Å². The predicted octanol–water partition coefficient (Wildman–Crippen LogP) is 5.02. The summed E-state index contributed by atoms with van der Waals surface area (Å²) < 4.78 is 18.4. The number of amides is 2. The molecule has 1 N–H and O–H groups in total. The minimum atomic E-state index is -0.444. The number of rotatable bonds is 8. The van der Waals surface area contributed by atoms with Crippen LogP contribution < -0.4 is 10.2 Å². The Bertz CT molecular complexity index is 973. The molecule has 1 aromatic heterocycles. The quantitative estimate of drug-likeness (QED) is 0.549. The van der Waals surface area contributed by atoms with Gasteiger partial charge in [-0.15, -0.1) is 11.8 Å². The fourth-order valence-corrected chi connectivity index (χ4v) is 3.54. The molecule has 1 heterocycles. The maximum Gasteiger partial charge on any atom is 0.240 e. The lowest BCUT2D eigenvalue weighted by Gasteiger charge is -2.25. The maximum atomic E-state index is 13.2. The number of furan rings is 1. The lowest BCUT2D eigenvalue weighted by atomic mass is 10.2. The van der Waals surface area contributed by atoms with Gasteiger partial charge in [0.1, 0.15) is 11.6 Å². The van der Waals surface area contributed by atoms with Gasteiger partial charge in [0.2, 0.25) is 11.8 Å². The Morgan fingerprint density at radius 3 is 2.43 bits per heavy atom. The van der Waals surface area contributed by atoms with Crippen LogP contribution in [0.25, 0.3) is 0 Å². The molecule has 7 heteroatoms. The molecule has 0 aliphatic rings. The van der Waals surface area contributed by atoms with E-state index in [1.165, 1.54) is 36.0 Å². The normalized spacial score (nSPS) is 11.7. The number of nitrogens with zero attached hydrogens (tertiary/aromatic N) is 1. The van der Waals surface area contributed by atoms with Gasteiger partial charge in [-0.2, -0.15) is 0 Å². The van der Waals surface area contributed by atoms with E-state index in [4.69, 9.17) is 4.42 Å². The molecule has 2 aromatic carbocycles. The molecule has 3 aromatic rings. The first-order chi connectivity index (χ1) is 14.4. The zero-order valence-electron chi connectivity index (χ0n) is 16.8. The van der Waals surface area contributed by atoms with Crippen molar-refractivity contribution in [2.45, 2.75) is 25.6 Å². The van der Waals surface area contributed by atoms with Crippen LogP contribution in [-0.2, 0) is 16.1 Å². The number of carbonyl (C=O) groups is 2. The SMILES string of the molecule is Cc1ccc(N(Cc2ccco2)C(=O)C(C)SCC(=O)Nc2ccc(F)cc2)cc1. The van der Waals surface area contributed by atoms with Crippen LogP contribution in [0.1, 0.15) is 18.2 Å². The van der Waals surface area contributed by atoms with Crippen molar-refractivity contribution in [2.24, 2.45) is 0 Å². The molecule has 3 rings (SSSR count). The van der Waals surface area contributed by atoms with Crippen LogP contribution in [0.5, 0.6) is 0 Å². The Morgan fingerprint density at radius 1 is 1.10 bits per heavy atom. The average molecular weight is 427 g/mol. The summed E-state index contributed by atoms with van der Waals surface area (Å²) in [7, 11) is 0. The van der Waals surface area contributed by atoms with Gasteiger partial charge >= 0.3 is 0 Å². The molecule has 0 saturated heterocycles. The van der Waals surface area contributed by atoms with Gasteiger partial charge in [-0.05, 0) is 62.4 Å². The minimum Gasteiger partial charge on any atom is -0.467 e. The third-order valence-corrected chi connectivity index (χ3v) is 5.58. The first-order valence-electron chi connectivity index (χ1n) is 9.50. The highest BCUT2D eigenvalue weighted by Crippen LogP contribution is 2.23. The van der Waals surface area contributed by atoms with Crippen molar-refractivity contribution in [3.63, 3.8) is 0 Å². The summed E-state index contributed by atoms with van der Waals surface area (Å²) >= 11 is 1.25. The van der Waals surface area contributed by atoms with Gasteiger partial charge < -0.3 is 14.6 Å². The Kier molecular flexibility index (Phi) is 7.30. The Hall–Kier alpha value is -3.06. The second-order valence-electron chi connectivity index (χ2n) is 6.85. The molecule has 2 amide bonds. The van der Waals surface area contributed by atoms with Gasteiger partial charge in [0.05, 0.1) is 23.8 Å². The lowest BCUT2D eigenvalue weighted by molar-refractivity contribution is -0.118. The van der Waals surface area contributed by atoms with E-state index in [9.17, 15) is 14.0 Å². The molecule has 0 saturated carbocycles. The molecule has 1 unspecified atom stereocenters. The largest absolute Gasteiger partial charge is 0.467 e. The standard InChI is InChI=1S/C23H23FN2O3S/c1-16-5-11-20(12-6-16)26(14-21-4-3-13-29-21)23(28)17(2)30-15-22(27)25-19-9-7-18(24)8-10-19/h3-13,17H,14-15H2,1-2H3,(H,25,27). The van der Waals surface area contributed by atoms with Crippen molar-refractivity contribution >= 4 is 35.0 Å². The number of benzene rings is 2. The topological polar surface area (TPSA) is 62.6 Å². The molecule has 0 aliphatic heterocycles. The average Bonchev–Trinajstić information content (AvgIpc) is 3.25. The van der Waals surface area contributed by atoms with Crippen LogP contribution in [0, 0.1) is 12.7 Å². The molecule has 0 aliphatic carbocycles. The first-order valence-corrected chi connectivity index (χ1v) is 10.5. The van der Waals surface area contributed by atoms with Crippen LogP contribution in [-0.4, -0.2) is 22.8 Å². The smallest absolute Gasteiger partial charge is 0.240 e. The van der Waals surface area contributed by atoms with Gasteiger partial charge in [-0.25, -0.2) is 4.39 Å². The van der Waals surface area contributed by atoms with Gasteiger partial charge in [0.15, 0.2) is 0 Å². The fourth-order valence-electron chi connectivity index (χ4n) is 2.80. The molecule has 1 atom stereocenters. The second-order valence-corrected chi connectivity index (χ2v) is 8.18. The fraction of sp³-hybridized carbons (Fsp3) is 0.217. The van der Waals surface area contributed by atoms with Crippen LogP contribution in [0.15, 0.2) is 71.3 Å². The van der Waals surface area contributed by atoms with Gasteiger partial charge in [-0.3, -0.25) is 9.59 Å². The summed E-state index contributed by atoms with van der Waals surface area (Å²) in [5, 5.41) is 2.26. The molecule has 0 spiro atoms. The number of hydrogen-bond donors (Lipinski definition) is 1. The second kappa shape index (κ2) is 10.1. The summed E-state index contributed by atoms with van der Waals surface area (Å²) in [6, 6.07) is 16.9. The Labute approximate surface area is 179 Å². The zero-order chi connectivity index (χ0) is 21.5. The van der Waals surface area contributed by atoms with Gasteiger partial charge in [0, 0.05) is 11.4 Å². The maximum absolute atomic E-state index is 13.2. The Morgan fingerprint density at radius 2 is 1.80 bits per heavy atom. The van der Waals surface area contributed by atoms with Crippen molar-refractivity contribution in [1.82, 2.24) is 0 Å². The van der Waals surface area contributed by atoms with Crippen molar-refractivity contribution in [1.29, 1.82) is 0 Å². The van der Waals surface area contributed by atoms with Crippen molar-refractivity contribution < 1.29 is 18.4 Å². The number of nitrogens with one attached hydrogen (secondary N) is 1. The number of thioether (sulfide) groups is 1. The minimum absolute atomic E-state index is 0.104. The molecule has 0 bridgehead atoms. The van der Waals surface area contributed by atoms with Crippen LogP contribution in [0.3, 0.4) is 0 Å². The van der Waals surface area contributed by atoms with E-state index in [1.807, 2.05) is 37.3 Å². The lowest BCUT2D eigenvalue weighted by Crippen LogP contribution is -2.36. The Balaban J connectivity index is 1.63. The number of hydrogen-bond acceptors (Lipinski definition) is 4. The molecule has 0 radical (unpaired) electrons. The van der Waals surface area contributed by atoms with Crippen LogP contribution >= 0.6 is 11.8 Å². The van der Waals surface area contributed by atoms with E-state index < -0.39 is 5.25 Å². The molecule has 0 fully saturated rings. The van der Waals surface area contributed by atoms with Crippen LogP contribution in [0.2, 0.25) is 0 Å². The summed E-state index contributed by atoms with van der Waals surface area (Å²) in [6.07, 6.45) is 1.57. The van der Waals surface area contributed by atoms with Crippen LogP contribution in [0.4, 0.5) is 15.8 Å². The third-order valence-electron chi connectivity index (χ3n) is 4.45. The van der Waals surface area contributed by atoms with E-state index in [0.29, 0.717) is 18.0 Å². The van der Waals surface area contributed by atoms with E-state index in [2.05, 4.69) is 5.32 Å². The number of anilines is 2. The van der Waals surface area contributed by atoms with E-state index in [0.717, 1.165) is 11.3 Å². The summed E-state index contributed by atoms with van der Waals surface area (Å²) in [5.41, 5.74) is 2.38. The van der Waals surface area contributed by atoms with E-state index in [-0.39, 0.29) is 23.4 Å². The summed E-state index contributed by atoms with van der Waals surface area (Å²) in [4.78, 5) is 27.0. The molecule has 156 valence electrons. The van der Waals surface area contributed by atoms with E-state index in [1.54, 1.807) is 24.2 Å². The molecular weight excluding hydrogens is 403 g/mol. The first kappa shape index (κ1) is 21.6. The van der Waals surface area contributed by atoms with Crippen molar-refractivity contribution in [2.75, 3.05) is 16.0 Å². The third kappa shape index (κ3) is 5.97. The van der Waals surface area contributed by atoms with Gasteiger partial charge in [0.25, 0.3) is 0 Å². The zero-order valence-corrected chi connectivity index (χ0v) is 17.6. The summed E-state index contributed by atoms with van der Waals surface area (Å²) in [5.74, 6) is 0.0470. The predicted molar refractivity (Wildman–Crippen MR) is 118 cm³/mol. The highest BCUT2D eigenvalue weighted by atomic mass is 32.2. The van der Waals surface area contributed by atoms with Crippen molar-refractivity contribution in [3.8, 4) is 0 Å².